The van der Waals surface area contributed by atoms with Crippen LogP contribution in [0.5, 0.6) is 0 Å². The molecule has 204 valence electrons. The fraction of sp³-hybridized carbons (Fsp3) is 0.207. The molecule has 1 fully saturated rings. The average molecular weight is 633 g/mol. The molecule has 2 amide bonds. The number of rotatable bonds is 5. The zero-order chi connectivity index (χ0) is 29.4. The summed E-state index contributed by atoms with van der Waals surface area (Å²) in [6.45, 7) is 6.41. The molecule has 0 spiro atoms. The van der Waals surface area contributed by atoms with Gasteiger partial charge in [-0.2, -0.15) is 5.26 Å². The zero-order valence-electron chi connectivity index (χ0n) is 21.5. The van der Waals surface area contributed by atoms with E-state index in [2.05, 4.69) is 41.7 Å². The van der Waals surface area contributed by atoms with Crippen LogP contribution in [0.1, 0.15) is 33.0 Å². The molecule has 0 aliphatic heterocycles. The summed E-state index contributed by atoms with van der Waals surface area (Å²) in [6.07, 6.45) is 0. The molecule has 1 aliphatic rings. The summed E-state index contributed by atoms with van der Waals surface area (Å²) in [5.41, 5.74) is 5.05. The molecule has 2 N–H and O–H groups in total. The van der Waals surface area contributed by atoms with Gasteiger partial charge in [0.15, 0.2) is 0 Å². The first-order valence-electron chi connectivity index (χ1n) is 12.0. The number of carbonyl (C=O) groups is 2. The first-order chi connectivity index (χ1) is 18.7. The maximum Gasteiger partial charge on any atom is 0.257 e. The highest BCUT2D eigenvalue weighted by molar-refractivity contribution is 6.83. The number of anilines is 2. The Bertz CT molecular complexity index is 1640. The highest BCUT2D eigenvalue weighted by Gasteiger charge is 2.67. The minimum atomic E-state index is -1.59. The SMILES string of the molecule is C[Si](C)(C)C#Cc1ccc([C@H]2[C@H](C(=O)Nc3ccc(Cl)c(C(=O)Nc4ccc(F)cc4C#N)c3)C2(Cl)Cl)cc1Cl. The van der Waals surface area contributed by atoms with Gasteiger partial charge < -0.3 is 10.6 Å². The fourth-order valence-corrected chi connectivity index (χ4v) is 5.83. The molecule has 2 atom stereocenters. The molecular formula is C29H22Cl4FN3O2Si. The standard InChI is InChI=1S/C29H22Cl4FN3O2Si/c1-40(2,3)11-10-16-4-5-17(13-23(16)31)25-26(29(25,32)33)28(39)36-20-7-8-22(30)21(14-20)27(38)37-24-9-6-19(34)12-18(24)15-35/h4-9,12-14,25-26H,1-3H3,(H,36,39)(H,37,38)/t25-,26+/m0/s1. The van der Waals surface area contributed by atoms with E-state index < -0.39 is 41.9 Å². The summed E-state index contributed by atoms with van der Waals surface area (Å²) in [6, 6.07) is 14.9. The largest absolute Gasteiger partial charge is 0.326 e. The zero-order valence-corrected chi connectivity index (χ0v) is 25.5. The molecule has 1 saturated carbocycles. The van der Waals surface area contributed by atoms with E-state index in [9.17, 15) is 19.2 Å². The third-order valence-corrected chi connectivity index (χ3v) is 8.55. The molecule has 40 heavy (non-hydrogen) atoms. The van der Waals surface area contributed by atoms with E-state index in [0.29, 0.717) is 16.1 Å². The fourth-order valence-electron chi connectivity index (χ4n) is 4.05. The normalized spacial score (nSPS) is 17.2. The molecule has 1 aliphatic carbocycles. The maximum absolute atomic E-state index is 13.4. The molecule has 5 nitrogen and oxygen atoms in total. The first kappa shape index (κ1) is 29.9. The molecule has 11 heteroatoms. The molecule has 0 bridgehead atoms. The summed E-state index contributed by atoms with van der Waals surface area (Å²) in [7, 11) is -1.59. The van der Waals surface area contributed by atoms with E-state index >= 15 is 0 Å². The van der Waals surface area contributed by atoms with Crippen molar-refractivity contribution >= 4 is 77.7 Å². The average Bonchev–Trinajstić information content (AvgIpc) is 3.46. The minimum Gasteiger partial charge on any atom is -0.326 e. The second kappa shape index (κ2) is 11.4. The van der Waals surface area contributed by atoms with Crippen LogP contribution in [0, 0.1) is 34.5 Å². The van der Waals surface area contributed by atoms with Crippen LogP contribution in [0.4, 0.5) is 15.8 Å². The van der Waals surface area contributed by atoms with E-state index in [1.807, 2.05) is 12.1 Å². The molecule has 0 unspecified atom stereocenters. The molecule has 0 radical (unpaired) electrons. The number of hydrogen-bond donors (Lipinski definition) is 2. The third-order valence-electron chi connectivity index (χ3n) is 6.09. The van der Waals surface area contributed by atoms with Crippen LogP contribution in [0.25, 0.3) is 0 Å². The van der Waals surface area contributed by atoms with Crippen LogP contribution in [0.3, 0.4) is 0 Å². The lowest BCUT2D eigenvalue weighted by atomic mass is 10.1. The van der Waals surface area contributed by atoms with Crippen molar-refractivity contribution in [3.05, 3.63) is 92.7 Å². The Morgan fingerprint density at radius 3 is 2.33 bits per heavy atom. The lowest BCUT2D eigenvalue weighted by Crippen LogP contribution is -2.18. The summed E-state index contributed by atoms with van der Waals surface area (Å²) in [5, 5.41) is 15.1. The Balaban J connectivity index is 1.50. The van der Waals surface area contributed by atoms with Gasteiger partial charge in [-0.15, -0.1) is 28.7 Å². The number of alkyl halides is 2. The Labute approximate surface area is 252 Å². The van der Waals surface area contributed by atoms with Crippen LogP contribution in [-0.4, -0.2) is 24.2 Å². The van der Waals surface area contributed by atoms with Gasteiger partial charge in [-0.3, -0.25) is 9.59 Å². The quantitative estimate of drug-likeness (QED) is 0.170. The summed E-state index contributed by atoms with van der Waals surface area (Å²) >= 11 is 25.7. The van der Waals surface area contributed by atoms with Crippen molar-refractivity contribution in [2.75, 3.05) is 10.6 Å². The van der Waals surface area contributed by atoms with Crippen molar-refractivity contribution in [1.29, 1.82) is 5.26 Å². The predicted octanol–water partition coefficient (Wildman–Crippen LogP) is 8.01. The van der Waals surface area contributed by atoms with Gasteiger partial charge >= 0.3 is 0 Å². The number of nitrogens with zero attached hydrogens (tertiary/aromatic N) is 1. The summed E-state index contributed by atoms with van der Waals surface area (Å²) < 4.78 is 12.1. The van der Waals surface area contributed by atoms with Gasteiger partial charge in [0.2, 0.25) is 5.91 Å². The van der Waals surface area contributed by atoms with E-state index in [1.165, 1.54) is 24.3 Å². The van der Waals surface area contributed by atoms with Gasteiger partial charge in [0.1, 0.15) is 24.3 Å². The molecule has 3 aromatic carbocycles. The van der Waals surface area contributed by atoms with Crippen molar-refractivity contribution in [3.8, 4) is 17.5 Å². The lowest BCUT2D eigenvalue weighted by Gasteiger charge is -2.11. The Hall–Kier alpha value is -3.04. The van der Waals surface area contributed by atoms with Gasteiger partial charge in [-0.1, -0.05) is 54.8 Å². The van der Waals surface area contributed by atoms with E-state index in [0.717, 1.165) is 12.1 Å². The van der Waals surface area contributed by atoms with Crippen LogP contribution >= 0.6 is 46.4 Å². The number of amides is 2. The maximum atomic E-state index is 13.4. The number of hydrogen-bond acceptors (Lipinski definition) is 3. The van der Waals surface area contributed by atoms with Gasteiger partial charge in [0.25, 0.3) is 5.91 Å². The van der Waals surface area contributed by atoms with Crippen LogP contribution in [0.2, 0.25) is 29.7 Å². The monoisotopic (exact) mass is 631 g/mol. The molecule has 0 aromatic heterocycles. The summed E-state index contributed by atoms with van der Waals surface area (Å²) in [5.74, 6) is 0.126. The van der Waals surface area contributed by atoms with E-state index in [4.69, 9.17) is 46.4 Å². The molecule has 4 rings (SSSR count). The minimum absolute atomic E-state index is 0.0323. The van der Waals surface area contributed by atoms with Crippen molar-refractivity contribution in [2.24, 2.45) is 5.92 Å². The Morgan fingerprint density at radius 2 is 1.68 bits per heavy atom. The van der Waals surface area contributed by atoms with Crippen molar-refractivity contribution in [2.45, 2.75) is 29.9 Å². The topological polar surface area (TPSA) is 82.0 Å². The smallest absolute Gasteiger partial charge is 0.257 e. The van der Waals surface area contributed by atoms with Crippen LogP contribution in [0.15, 0.2) is 54.6 Å². The number of nitriles is 1. The van der Waals surface area contributed by atoms with Gasteiger partial charge in [-0.25, -0.2) is 4.39 Å². The highest BCUT2D eigenvalue weighted by Crippen LogP contribution is 2.65. The molecule has 0 saturated heterocycles. The predicted molar refractivity (Wildman–Crippen MR) is 161 cm³/mol. The van der Waals surface area contributed by atoms with Gasteiger partial charge in [0, 0.05) is 17.2 Å². The van der Waals surface area contributed by atoms with E-state index in [-0.39, 0.29) is 27.5 Å². The van der Waals surface area contributed by atoms with Crippen molar-refractivity contribution in [3.63, 3.8) is 0 Å². The van der Waals surface area contributed by atoms with Gasteiger partial charge in [0.05, 0.1) is 32.8 Å². The Kier molecular flexibility index (Phi) is 8.56. The molecular weight excluding hydrogens is 611 g/mol. The molecule has 3 aromatic rings. The lowest BCUT2D eigenvalue weighted by molar-refractivity contribution is -0.117. The number of nitrogens with one attached hydrogen (secondary N) is 2. The third kappa shape index (κ3) is 6.63. The number of carbonyl (C=O) groups excluding carboxylic acids is 2. The summed E-state index contributed by atoms with van der Waals surface area (Å²) in [4.78, 5) is 26.1. The Morgan fingerprint density at radius 1 is 0.950 bits per heavy atom. The van der Waals surface area contributed by atoms with Gasteiger partial charge in [-0.05, 0) is 54.1 Å². The van der Waals surface area contributed by atoms with Crippen LogP contribution < -0.4 is 10.6 Å². The molecule has 0 heterocycles. The van der Waals surface area contributed by atoms with Crippen molar-refractivity contribution < 1.29 is 14.0 Å². The van der Waals surface area contributed by atoms with Crippen molar-refractivity contribution in [1.82, 2.24) is 0 Å². The van der Waals surface area contributed by atoms with Crippen LogP contribution in [-0.2, 0) is 4.79 Å². The number of benzene rings is 3. The highest BCUT2D eigenvalue weighted by atomic mass is 35.5. The number of halogens is 5. The van der Waals surface area contributed by atoms with E-state index in [1.54, 1.807) is 12.1 Å². The second-order valence-electron chi connectivity index (χ2n) is 10.3. The second-order valence-corrected chi connectivity index (χ2v) is 17.3. The first-order valence-corrected chi connectivity index (χ1v) is 17.0.